The highest BCUT2D eigenvalue weighted by molar-refractivity contribution is 5.91. The molecule has 0 radical (unpaired) electrons. The molecule has 2 N–H and O–H groups in total. The molecule has 1 heterocycles. The first-order valence-electron chi connectivity index (χ1n) is 5.13. The first-order chi connectivity index (χ1) is 8.19. The van der Waals surface area contributed by atoms with E-state index < -0.39 is 5.97 Å². The molecule has 1 aromatic heterocycles. The van der Waals surface area contributed by atoms with Crippen LogP contribution < -0.4 is 5.32 Å². The Kier molecular flexibility index (Phi) is 5.38. The number of aromatic nitrogens is 1. The minimum absolute atomic E-state index is 0.000213. The third-order valence-corrected chi connectivity index (χ3v) is 2.22. The molecule has 94 valence electrons. The van der Waals surface area contributed by atoms with Crippen molar-refractivity contribution >= 4 is 11.7 Å². The summed E-state index contributed by atoms with van der Waals surface area (Å²) in [4.78, 5) is 14.7. The lowest BCUT2D eigenvalue weighted by molar-refractivity contribution is 0.0365. The SMILES string of the molecule is COCC(CNc1cccnc1C(=O)O)OC. The van der Waals surface area contributed by atoms with Crippen LogP contribution >= 0.6 is 0 Å². The number of nitrogens with one attached hydrogen (secondary N) is 1. The normalized spacial score (nSPS) is 12.1. The average Bonchev–Trinajstić information content (AvgIpc) is 2.34. The van der Waals surface area contributed by atoms with E-state index in [9.17, 15) is 4.79 Å². The van der Waals surface area contributed by atoms with Crippen molar-refractivity contribution in [2.24, 2.45) is 0 Å². The number of carbonyl (C=O) groups is 1. The van der Waals surface area contributed by atoms with Crippen molar-refractivity contribution in [2.75, 3.05) is 32.7 Å². The van der Waals surface area contributed by atoms with Gasteiger partial charge in [-0.1, -0.05) is 0 Å². The lowest BCUT2D eigenvalue weighted by atomic mass is 10.2. The molecule has 1 rings (SSSR count). The van der Waals surface area contributed by atoms with E-state index in [1.54, 1.807) is 26.4 Å². The first-order valence-corrected chi connectivity index (χ1v) is 5.13. The number of nitrogens with zero attached hydrogens (tertiary/aromatic N) is 1. The van der Waals surface area contributed by atoms with Crippen LogP contribution in [0.5, 0.6) is 0 Å². The predicted octanol–water partition coefficient (Wildman–Crippen LogP) is 0.853. The van der Waals surface area contributed by atoms with Crippen LogP contribution in [0.2, 0.25) is 0 Å². The van der Waals surface area contributed by atoms with E-state index in [2.05, 4.69) is 10.3 Å². The molecule has 0 aliphatic heterocycles. The molecule has 0 aromatic carbocycles. The van der Waals surface area contributed by atoms with Gasteiger partial charge >= 0.3 is 5.97 Å². The van der Waals surface area contributed by atoms with E-state index in [0.717, 1.165) is 0 Å². The molecule has 0 fully saturated rings. The third-order valence-electron chi connectivity index (χ3n) is 2.22. The Balaban J connectivity index is 2.65. The van der Waals surface area contributed by atoms with Crippen molar-refractivity contribution in [2.45, 2.75) is 6.10 Å². The van der Waals surface area contributed by atoms with Crippen LogP contribution in [0.3, 0.4) is 0 Å². The Hall–Kier alpha value is -1.66. The van der Waals surface area contributed by atoms with E-state index >= 15 is 0 Å². The summed E-state index contributed by atoms with van der Waals surface area (Å²) < 4.78 is 10.1. The van der Waals surface area contributed by atoms with Gasteiger partial charge in [0.05, 0.1) is 18.4 Å². The van der Waals surface area contributed by atoms with E-state index in [4.69, 9.17) is 14.6 Å². The zero-order chi connectivity index (χ0) is 12.7. The van der Waals surface area contributed by atoms with Crippen LogP contribution in [0.15, 0.2) is 18.3 Å². The second kappa shape index (κ2) is 6.82. The molecule has 0 saturated heterocycles. The summed E-state index contributed by atoms with van der Waals surface area (Å²) in [6, 6.07) is 3.34. The Bertz CT molecular complexity index is 370. The second-order valence-corrected chi connectivity index (χ2v) is 3.40. The smallest absolute Gasteiger partial charge is 0.356 e. The van der Waals surface area contributed by atoms with Crippen molar-refractivity contribution in [1.82, 2.24) is 4.98 Å². The summed E-state index contributed by atoms with van der Waals surface area (Å²) in [6.45, 7) is 0.891. The van der Waals surface area contributed by atoms with Crippen LogP contribution in [0.4, 0.5) is 5.69 Å². The zero-order valence-corrected chi connectivity index (χ0v) is 9.84. The van der Waals surface area contributed by atoms with Crippen molar-refractivity contribution in [3.63, 3.8) is 0 Å². The molecule has 1 aromatic rings. The van der Waals surface area contributed by atoms with Gasteiger partial charge in [0, 0.05) is 27.0 Å². The molecule has 0 saturated carbocycles. The highest BCUT2D eigenvalue weighted by Crippen LogP contribution is 2.12. The number of methoxy groups -OCH3 is 2. The van der Waals surface area contributed by atoms with E-state index in [1.165, 1.54) is 6.20 Å². The van der Waals surface area contributed by atoms with Gasteiger partial charge in [-0.15, -0.1) is 0 Å². The summed E-state index contributed by atoms with van der Waals surface area (Å²) in [5.74, 6) is -1.06. The average molecular weight is 240 g/mol. The monoisotopic (exact) mass is 240 g/mol. The second-order valence-electron chi connectivity index (χ2n) is 3.40. The van der Waals surface area contributed by atoms with Gasteiger partial charge in [-0.05, 0) is 12.1 Å². The molecule has 0 bridgehead atoms. The zero-order valence-electron chi connectivity index (χ0n) is 9.84. The largest absolute Gasteiger partial charge is 0.476 e. The van der Waals surface area contributed by atoms with Crippen LogP contribution in [0, 0.1) is 0 Å². The summed E-state index contributed by atoms with van der Waals surface area (Å²) in [7, 11) is 3.16. The van der Waals surface area contributed by atoms with Crippen molar-refractivity contribution in [3.8, 4) is 0 Å². The summed E-state index contributed by atoms with van der Waals surface area (Å²) in [6.07, 6.45) is 1.30. The Morgan fingerprint density at radius 2 is 2.35 bits per heavy atom. The third kappa shape index (κ3) is 4.01. The Morgan fingerprint density at radius 1 is 1.59 bits per heavy atom. The molecule has 1 unspecified atom stereocenters. The van der Waals surface area contributed by atoms with Crippen LogP contribution in [0.1, 0.15) is 10.5 Å². The summed E-state index contributed by atoms with van der Waals surface area (Å²) in [5.41, 5.74) is 0.470. The number of hydrogen-bond donors (Lipinski definition) is 2. The van der Waals surface area contributed by atoms with Crippen LogP contribution in [-0.4, -0.2) is 49.5 Å². The molecule has 1 atom stereocenters. The van der Waals surface area contributed by atoms with Gasteiger partial charge in [0.2, 0.25) is 0 Å². The fourth-order valence-corrected chi connectivity index (χ4v) is 1.34. The van der Waals surface area contributed by atoms with Gasteiger partial charge in [0.15, 0.2) is 5.69 Å². The van der Waals surface area contributed by atoms with Gasteiger partial charge in [-0.25, -0.2) is 9.78 Å². The number of pyridine rings is 1. The highest BCUT2D eigenvalue weighted by Gasteiger charge is 2.12. The summed E-state index contributed by atoms with van der Waals surface area (Å²) in [5, 5.41) is 11.9. The predicted molar refractivity (Wildman–Crippen MR) is 62.4 cm³/mol. The number of carboxylic acids is 1. The van der Waals surface area contributed by atoms with Crippen molar-refractivity contribution < 1.29 is 19.4 Å². The number of carboxylic acid groups (broad SMARTS) is 1. The highest BCUT2D eigenvalue weighted by atomic mass is 16.5. The van der Waals surface area contributed by atoms with Crippen LogP contribution in [0.25, 0.3) is 0 Å². The summed E-state index contributed by atoms with van der Waals surface area (Å²) >= 11 is 0. The van der Waals surface area contributed by atoms with E-state index in [-0.39, 0.29) is 11.8 Å². The molecular weight excluding hydrogens is 224 g/mol. The molecular formula is C11H16N2O4. The Labute approximate surface area is 99.6 Å². The van der Waals surface area contributed by atoms with Crippen LogP contribution in [-0.2, 0) is 9.47 Å². The van der Waals surface area contributed by atoms with Crippen molar-refractivity contribution in [1.29, 1.82) is 0 Å². The molecule has 0 amide bonds. The van der Waals surface area contributed by atoms with E-state index in [1.807, 2.05) is 0 Å². The van der Waals surface area contributed by atoms with Gasteiger partial charge in [-0.2, -0.15) is 0 Å². The van der Waals surface area contributed by atoms with Gasteiger partial charge < -0.3 is 19.9 Å². The lowest BCUT2D eigenvalue weighted by Crippen LogP contribution is -2.27. The Morgan fingerprint density at radius 3 is 2.94 bits per heavy atom. The minimum Gasteiger partial charge on any atom is -0.476 e. The topological polar surface area (TPSA) is 80.7 Å². The standard InChI is InChI=1S/C11H16N2O4/c1-16-7-8(17-2)6-13-9-4-3-5-12-10(9)11(14)15/h3-5,8,13H,6-7H2,1-2H3,(H,14,15). The minimum atomic E-state index is -1.06. The quantitative estimate of drug-likeness (QED) is 0.735. The lowest BCUT2D eigenvalue weighted by Gasteiger charge is -2.16. The number of anilines is 1. The molecule has 0 aliphatic rings. The number of aromatic carboxylic acids is 1. The molecule has 0 aliphatic carbocycles. The van der Waals surface area contributed by atoms with Crippen molar-refractivity contribution in [3.05, 3.63) is 24.0 Å². The maximum Gasteiger partial charge on any atom is 0.356 e. The molecule has 6 heteroatoms. The number of ether oxygens (including phenoxy) is 2. The van der Waals surface area contributed by atoms with Gasteiger partial charge in [0.25, 0.3) is 0 Å². The maximum atomic E-state index is 10.9. The van der Waals surface area contributed by atoms with E-state index in [0.29, 0.717) is 18.8 Å². The first kappa shape index (κ1) is 13.4. The molecule has 17 heavy (non-hydrogen) atoms. The fourth-order valence-electron chi connectivity index (χ4n) is 1.34. The molecule has 0 spiro atoms. The number of hydrogen-bond acceptors (Lipinski definition) is 5. The van der Waals surface area contributed by atoms with Gasteiger partial charge in [0.1, 0.15) is 0 Å². The molecule has 6 nitrogen and oxygen atoms in total. The maximum absolute atomic E-state index is 10.9. The number of rotatable bonds is 7. The fraction of sp³-hybridized carbons (Fsp3) is 0.455. The van der Waals surface area contributed by atoms with Gasteiger partial charge in [-0.3, -0.25) is 0 Å².